The Morgan fingerprint density at radius 1 is 1.47 bits per heavy atom. The second kappa shape index (κ2) is 7.34. The van der Waals surface area contributed by atoms with Crippen molar-refractivity contribution in [3.63, 3.8) is 0 Å². The number of rotatable bonds is 8. The summed E-state index contributed by atoms with van der Waals surface area (Å²) >= 11 is 0. The van der Waals surface area contributed by atoms with E-state index in [4.69, 9.17) is 4.74 Å². The van der Waals surface area contributed by atoms with Gasteiger partial charge in [-0.1, -0.05) is 6.92 Å². The van der Waals surface area contributed by atoms with Crippen molar-refractivity contribution < 1.29 is 13.2 Å². The highest BCUT2D eigenvalue weighted by molar-refractivity contribution is 7.90. The first-order chi connectivity index (χ1) is 8.01. The Balaban J connectivity index is 2.26. The molecule has 17 heavy (non-hydrogen) atoms. The first-order valence-corrected chi connectivity index (χ1v) is 8.60. The van der Waals surface area contributed by atoms with E-state index in [0.717, 1.165) is 45.3 Å². The lowest BCUT2D eigenvalue weighted by Crippen LogP contribution is -2.32. The van der Waals surface area contributed by atoms with Gasteiger partial charge in [-0.05, 0) is 38.6 Å². The summed E-state index contributed by atoms with van der Waals surface area (Å²) in [5, 5.41) is 3.42. The molecule has 0 saturated carbocycles. The summed E-state index contributed by atoms with van der Waals surface area (Å²) in [6.07, 6.45) is 6.65. The Labute approximate surface area is 105 Å². The largest absolute Gasteiger partial charge is 0.378 e. The minimum Gasteiger partial charge on any atom is -0.378 e. The first-order valence-electron chi connectivity index (χ1n) is 6.54. The molecule has 1 N–H and O–H groups in total. The number of hydrogen-bond acceptors (Lipinski definition) is 4. The average molecular weight is 263 g/mol. The van der Waals surface area contributed by atoms with Gasteiger partial charge in [-0.25, -0.2) is 8.42 Å². The molecule has 2 atom stereocenters. The summed E-state index contributed by atoms with van der Waals surface area (Å²) in [4.78, 5) is 0. The smallest absolute Gasteiger partial charge is 0.147 e. The molecule has 102 valence electrons. The van der Waals surface area contributed by atoms with E-state index in [-0.39, 0.29) is 0 Å². The molecule has 5 heteroatoms. The zero-order valence-electron chi connectivity index (χ0n) is 10.9. The molecule has 0 aromatic heterocycles. The molecule has 0 bridgehead atoms. The van der Waals surface area contributed by atoms with Crippen LogP contribution in [0.4, 0.5) is 0 Å². The summed E-state index contributed by atoms with van der Waals surface area (Å²) < 4.78 is 27.8. The van der Waals surface area contributed by atoms with Crippen LogP contribution >= 0.6 is 0 Å². The number of nitrogens with one attached hydrogen (secondary N) is 1. The Kier molecular flexibility index (Phi) is 6.44. The minimum absolute atomic E-state index is 0.292. The topological polar surface area (TPSA) is 55.4 Å². The highest BCUT2D eigenvalue weighted by Gasteiger charge is 2.20. The van der Waals surface area contributed by atoms with E-state index >= 15 is 0 Å². The fourth-order valence-electron chi connectivity index (χ4n) is 2.33. The van der Waals surface area contributed by atoms with Crippen LogP contribution in [-0.4, -0.2) is 45.7 Å². The second-order valence-electron chi connectivity index (χ2n) is 4.90. The van der Waals surface area contributed by atoms with E-state index < -0.39 is 9.84 Å². The monoisotopic (exact) mass is 263 g/mol. The van der Waals surface area contributed by atoms with Crippen LogP contribution in [0.2, 0.25) is 0 Å². The van der Waals surface area contributed by atoms with Crippen LogP contribution in [-0.2, 0) is 14.6 Å². The number of ether oxygens (including phenoxy) is 1. The van der Waals surface area contributed by atoms with Gasteiger partial charge < -0.3 is 10.1 Å². The fraction of sp³-hybridized carbons (Fsp3) is 1.00. The van der Waals surface area contributed by atoms with Crippen molar-refractivity contribution in [2.75, 3.05) is 25.2 Å². The quantitative estimate of drug-likeness (QED) is 0.718. The Morgan fingerprint density at radius 2 is 2.24 bits per heavy atom. The van der Waals surface area contributed by atoms with Crippen molar-refractivity contribution in [1.82, 2.24) is 5.32 Å². The molecule has 1 saturated heterocycles. The molecule has 0 aliphatic carbocycles. The zero-order chi connectivity index (χ0) is 12.7. The average Bonchev–Trinajstić information content (AvgIpc) is 2.68. The van der Waals surface area contributed by atoms with Crippen LogP contribution in [0.25, 0.3) is 0 Å². The van der Waals surface area contributed by atoms with Crippen molar-refractivity contribution in [3.05, 3.63) is 0 Å². The summed E-state index contributed by atoms with van der Waals surface area (Å²) in [5.41, 5.74) is 0. The maximum atomic E-state index is 11.1. The zero-order valence-corrected chi connectivity index (χ0v) is 11.8. The van der Waals surface area contributed by atoms with E-state index in [1.165, 1.54) is 6.26 Å². The van der Waals surface area contributed by atoms with Gasteiger partial charge in [-0.3, -0.25) is 0 Å². The standard InChI is InChI=1S/C12H25NO3S/c1-3-13-11(6-5-9-17(2,14)15)10-12-7-4-8-16-12/h11-13H,3-10H2,1-2H3. The van der Waals surface area contributed by atoms with Crippen molar-refractivity contribution in [1.29, 1.82) is 0 Å². The second-order valence-corrected chi connectivity index (χ2v) is 7.16. The SMILES string of the molecule is CCNC(CCCS(C)(=O)=O)CC1CCCO1. The van der Waals surface area contributed by atoms with Gasteiger partial charge in [0.05, 0.1) is 6.10 Å². The van der Waals surface area contributed by atoms with Crippen LogP contribution in [0.3, 0.4) is 0 Å². The van der Waals surface area contributed by atoms with Gasteiger partial charge in [0.15, 0.2) is 0 Å². The number of sulfone groups is 1. The van der Waals surface area contributed by atoms with Crippen molar-refractivity contribution in [3.8, 4) is 0 Å². The molecule has 1 heterocycles. The van der Waals surface area contributed by atoms with E-state index in [0.29, 0.717) is 17.9 Å². The molecular weight excluding hydrogens is 238 g/mol. The van der Waals surface area contributed by atoms with Gasteiger partial charge in [-0.2, -0.15) is 0 Å². The van der Waals surface area contributed by atoms with E-state index in [1.807, 2.05) is 0 Å². The predicted octanol–water partition coefficient (Wildman–Crippen LogP) is 1.36. The molecule has 0 aromatic carbocycles. The van der Waals surface area contributed by atoms with Crippen LogP contribution in [0.5, 0.6) is 0 Å². The van der Waals surface area contributed by atoms with Crippen LogP contribution in [0.15, 0.2) is 0 Å². The third kappa shape index (κ3) is 7.01. The van der Waals surface area contributed by atoms with Crippen molar-refractivity contribution in [2.45, 2.75) is 51.2 Å². The maximum Gasteiger partial charge on any atom is 0.147 e. The highest BCUT2D eigenvalue weighted by atomic mass is 32.2. The van der Waals surface area contributed by atoms with Gasteiger partial charge in [0.25, 0.3) is 0 Å². The lowest BCUT2D eigenvalue weighted by atomic mass is 10.0. The van der Waals surface area contributed by atoms with E-state index in [1.54, 1.807) is 0 Å². The first kappa shape index (κ1) is 14.9. The van der Waals surface area contributed by atoms with Crippen molar-refractivity contribution in [2.24, 2.45) is 0 Å². The highest BCUT2D eigenvalue weighted by Crippen LogP contribution is 2.18. The Morgan fingerprint density at radius 3 is 2.76 bits per heavy atom. The lowest BCUT2D eigenvalue weighted by Gasteiger charge is -2.21. The van der Waals surface area contributed by atoms with Gasteiger partial charge in [0, 0.05) is 24.7 Å². The van der Waals surface area contributed by atoms with Crippen molar-refractivity contribution >= 4 is 9.84 Å². The summed E-state index contributed by atoms with van der Waals surface area (Å²) in [6.45, 7) is 3.89. The Hall–Kier alpha value is -0.130. The molecule has 4 nitrogen and oxygen atoms in total. The van der Waals surface area contributed by atoms with Crippen LogP contribution < -0.4 is 5.32 Å². The van der Waals surface area contributed by atoms with Gasteiger partial charge >= 0.3 is 0 Å². The molecule has 1 aliphatic heterocycles. The van der Waals surface area contributed by atoms with Gasteiger partial charge in [0.1, 0.15) is 9.84 Å². The minimum atomic E-state index is -2.82. The number of hydrogen-bond donors (Lipinski definition) is 1. The molecule has 1 fully saturated rings. The van der Waals surface area contributed by atoms with Gasteiger partial charge in [-0.15, -0.1) is 0 Å². The summed E-state index contributed by atoms with van der Waals surface area (Å²) in [5.74, 6) is 0.292. The Bertz CT molecular complexity index is 297. The third-order valence-electron chi connectivity index (χ3n) is 3.13. The molecule has 0 spiro atoms. The predicted molar refractivity (Wildman–Crippen MR) is 70.0 cm³/mol. The van der Waals surface area contributed by atoms with E-state index in [2.05, 4.69) is 12.2 Å². The summed E-state index contributed by atoms with van der Waals surface area (Å²) in [6, 6.07) is 0.393. The molecule has 2 unspecified atom stereocenters. The molecule has 1 aliphatic rings. The van der Waals surface area contributed by atoms with Crippen LogP contribution in [0, 0.1) is 0 Å². The fourth-order valence-corrected chi connectivity index (χ4v) is 3.02. The van der Waals surface area contributed by atoms with Gasteiger partial charge in [0.2, 0.25) is 0 Å². The lowest BCUT2D eigenvalue weighted by molar-refractivity contribution is 0.0937. The molecule has 1 rings (SSSR count). The van der Waals surface area contributed by atoms with E-state index in [9.17, 15) is 8.42 Å². The summed E-state index contributed by atoms with van der Waals surface area (Å²) in [7, 11) is -2.82. The normalized spacial score (nSPS) is 22.8. The maximum absolute atomic E-state index is 11.1. The third-order valence-corrected chi connectivity index (χ3v) is 4.16. The molecule has 0 radical (unpaired) electrons. The molecular formula is C12H25NO3S. The van der Waals surface area contributed by atoms with Crippen LogP contribution in [0.1, 0.15) is 39.0 Å². The molecule has 0 aromatic rings. The molecule has 0 amide bonds.